The summed E-state index contributed by atoms with van der Waals surface area (Å²) in [4.78, 5) is 9.33. The maximum absolute atomic E-state index is 5.73. The van der Waals surface area contributed by atoms with E-state index in [1.165, 1.54) is 12.0 Å². The first-order chi connectivity index (χ1) is 11.9. The van der Waals surface area contributed by atoms with Crippen LogP contribution in [0.15, 0.2) is 47.5 Å². The van der Waals surface area contributed by atoms with Gasteiger partial charge in [0.1, 0.15) is 0 Å². The van der Waals surface area contributed by atoms with Crippen molar-refractivity contribution >= 4 is 5.96 Å². The van der Waals surface area contributed by atoms with Crippen molar-refractivity contribution in [3.05, 3.63) is 48.0 Å². The Kier molecular flexibility index (Phi) is 6.26. The molecule has 0 aromatic heterocycles. The van der Waals surface area contributed by atoms with Crippen LogP contribution in [-0.4, -0.2) is 68.2 Å². The summed E-state index contributed by atoms with van der Waals surface area (Å²) >= 11 is 0. The summed E-state index contributed by atoms with van der Waals surface area (Å²) in [6.07, 6.45) is 5.74. The van der Waals surface area contributed by atoms with E-state index in [1.807, 2.05) is 25.2 Å². The predicted octanol–water partition coefficient (Wildman–Crippen LogP) is 1.72. The Morgan fingerprint density at radius 3 is 2.79 bits per heavy atom. The molecule has 1 aromatic carbocycles. The normalized spacial score (nSPS) is 21.6. The average Bonchev–Trinajstić information content (AvgIpc) is 3.30. The van der Waals surface area contributed by atoms with Crippen molar-refractivity contribution in [1.29, 1.82) is 0 Å². The van der Waals surface area contributed by atoms with E-state index in [2.05, 4.69) is 44.4 Å². The first-order valence-corrected chi connectivity index (χ1v) is 8.83. The first kappa shape index (κ1) is 17.0. The van der Waals surface area contributed by atoms with E-state index >= 15 is 0 Å². The molecule has 0 spiro atoms. The second-order valence-electron chi connectivity index (χ2n) is 6.33. The number of aliphatic imine (C=N–C) groups is 1. The highest BCUT2D eigenvalue weighted by Gasteiger charge is 2.29. The van der Waals surface area contributed by atoms with Crippen LogP contribution >= 0.6 is 0 Å². The van der Waals surface area contributed by atoms with Crippen LogP contribution in [0.2, 0.25) is 0 Å². The molecule has 1 saturated heterocycles. The van der Waals surface area contributed by atoms with Crippen LogP contribution in [0.1, 0.15) is 12.0 Å². The fourth-order valence-electron chi connectivity index (χ4n) is 3.36. The molecule has 0 bridgehead atoms. The molecule has 0 radical (unpaired) electrons. The van der Waals surface area contributed by atoms with Crippen LogP contribution in [0.5, 0.6) is 0 Å². The zero-order chi connectivity index (χ0) is 16.6. The van der Waals surface area contributed by atoms with Gasteiger partial charge in [-0.1, -0.05) is 42.5 Å². The Balaban J connectivity index is 1.35. The Morgan fingerprint density at radius 1 is 1.25 bits per heavy atom. The van der Waals surface area contributed by atoms with E-state index in [0.717, 1.165) is 38.7 Å². The van der Waals surface area contributed by atoms with Gasteiger partial charge in [-0.25, -0.2) is 0 Å². The van der Waals surface area contributed by atoms with Crippen molar-refractivity contribution in [2.24, 2.45) is 4.99 Å². The van der Waals surface area contributed by atoms with Gasteiger partial charge < -0.3 is 15.0 Å². The molecule has 1 atom stereocenters. The minimum absolute atomic E-state index is 0.646. The fourth-order valence-corrected chi connectivity index (χ4v) is 3.36. The summed E-state index contributed by atoms with van der Waals surface area (Å²) in [5.41, 5.74) is 1.21. The van der Waals surface area contributed by atoms with Crippen molar-refractivity contribution in [2.75, 3.05) is 46.4 Å². The van der Waals surface area contributed by atoms with Gasteiger partial charge in [-0.15, -0.1) is 0 Å². The largest absolute Gasteiger partial charge is 0.375 e. The molecule has 24 heavy (non-hydrogen) atoms. The van der Waals surface area contributed by atoms with Gasteiger partial charge in [0.25, 0.3) is 0 Å². The lowest BCUT2D eigenvalue weighted by molar-refractivity contribution is 0.125. The van der Waals surface area contributed by atoms with Gasteiger partial charge in [-0.2, -0.15) is 0 Å². The molecular weight excluding hydrogens is 300 g/mol. The monoisotopic (exact) mass is 328 g/mol. The Hall–Kier alpha value is -1.85. The highest BCUT2D eigenvalue weighted by molar-refractivity contribution is 5.80. The van der Waals surface area contributed by atoms with Crippen LogP contribution in [-0.2, 0) is 11.3 Å². The molecule has 0 saturated carbocycles. The fraction of sp³-hybridized carbons (Fsp3) is 0.526. The molecule has 2 heterocycles. The second-order valence-corrected chi connectivity index (χ2v) is 6.33. The number of hydrogen-bond donors (Lipinski definition) is 1. The quantitative estimate of drug-likeness (QED) is 0.374. The molecule has 3 rings (SSSR count). The molecular formula is C19H28N4O. The average molecular weight is 328 g/mol. The molecule has 0 amide bonds. The van der Waals surface area contributed by atoms with Crippen LogP contribution in [0.25, 0.3) is 0 Å². The molecule has 5 nitrogen and oxygen atoms in total. The van der Waals surface area contributed by atoms with Gasteiger partial charge in [0.2, 0.25) is 0 Å². The first-order valence-electron chi connectivity index (χ1n) is 8.83. The van der Waals surface area contributed by atoms with Crippen molar-refractivity contribution in [1.82, 2.24) is 15.1 Å². The Bertz CT molecular complexity index is 550. The van der Waals surface area contributed by atoms with E-state index in [4.69, 9.17) is 4.74 Å². The standard InChI is InChI=1S/C19H28N4O/c1-20-19(21-10-14-24-16-17-7-3-2-4-8-17)23-13-9-18(15-23)22-11-5-6-12-22/h2-8,18H,9-16H2,1H3,(H,20,21). The van der Waals surface area contributed by atoms with Gasteiger partial charge in [0.15, 0.2) is 5.96 Å². The lowest BCUT2D eigenvalue weighted by Gasteiger charge is -2.25. The van der Waals surface area contributed by atoms with Crippen molar-refractivity contribution in [3.63, 3.8) is 0 Å². The van der Waals surface area contributed by atoms with Gasteiger partial charge in [-0.05, 0) is 12.0 Å². The SMILES string of the molecule is CN=C(NCCOCc1ccccc1)N1CCC(N2CC=CC2)C1. The predicted molar refractivity (Wildman–Crippen MR) is 98.2 cm³/mol. The topological polar surface area (TPSA) is 40.1 Å². The number of rotatable bonds is 6. The third-order valence-corrected chi connectivity index (χ3v) is 4.68. The van der Waals surface area contributed by atoms with Gasteiger partial charge in [-0.3, -0.25) is 9.89 Å². The molecule has 1 aromatic rings. The lowest BCUT2D eigenvalue weighted by Crippen LogP contribution is -2.43. The Morgan fingerprint density at radius 2 is 2.04 bits per heavy atom. The van der Waals surface area contributed by atoms with E-state index in [9.17, 15) is 0 Å². The summed E-state index contributed by atoms with van der Waals surface area (Å²) in [5, 5.41) is 3.43. The molecule has 130 valence electrons. The summed E-state index contributed by atoms with van der Waals surface area (Å²) in [5.74, 6) is 0.993. The molecule has 1 N–H and O–H groups in total. The molecule has 2 aliphatic heterocycles. The number of nitrogens with one attached hydrogen (secondary N) is 1. The third-order valence-electron chi connectivity index (χ3n) is 4.68. The summed E-state index contributed by atoms with van der Waals surface area (Å²) < 4.78 is 5.73. The van der Waals surface area contributed by atoms with Gasteiger partial charge in [0, 0.05) is 45.8 Å². The molecule has 1 fully saturated rings. The number of guanidine groups is 1. The molecule has 0 aliphatic carbocycles. The second kappa shape index (κ2) is 8.85. The number of hydrogen-bond acceptors (Lipinski definition) is 3. The minimum atomic E-state index is 0.646. The maximum atomic E-state index is 5.73. The number of benzene rings is 1. The number of nitrogens with zero attached hydrogens (tertiary/aromatic N) is 3. The zero-order valence-electron chi connectivity index (χ0n) is 14.5. The number of ether oxygens (including phenoxy) is 1. The Labute approximate surface area is 145 Å². The van der Waals surface area contributed by atoms with Crippen molar-refractivity contribution in [2.45, 2.75) is 19.1 Å². The van der Waals surface area contributed by atoms with Crippen LogP contribution in [0, 0.1) is 0 Å². The van der Waals surface area contributed by atoms with E-state index in [-0.39, 0.29) is 0 Å². The van der Waals surface area contributed by atoms with Crippen molar-refractivity contribution in [3.8, 4) is 0 Å². The maximum Gasteiger partial charge on any atom is 0.193 e. The zero-order valence-corrected chi connectivity index (χ0v) is 14.5. The number of likely N-dealkylation sites (tertiary alicyclic amines) is 1. The van der Waals surface area contributed by atoms with Crippen LogP contribution < -0.4 is 5.32 Å². The highest BCUT2D eigenvalue weighted by Crippen LogP contribution is 2.17. The molecule has 5 heteroatoms. The summed E-state index contributed by atoms with van der Waals surface area (Å²) in [6, 6.07) is 10.9. The summed E-state index contributed by atoms with van der Waals surface area (Å²) in [6.45, 7) is 6.45. The van der Waals surface area contributed by atoms with Crippen molar-refractivity contribution < 1.29 is 4.74 Å². The van der Waals surface area contributed by atoms with Gasteiger partial charge in [0.05, 0.1) is 13.2 Å². The smallest absolute Gasteiger partial charge is 0.193 e. The van der Waals surface area contributed by atoms with Crippen LogP contribution in [0.3, 0.4) is 0 Å². The third kappa shape index (κ3) is 4.58. The summed E-state index contributed by atoms with van der Waals surface area (Å²) in [7, 11) is 1.86. The molecule has 2 aliphatic rings. The van der Waals surface area contributed by atoms with E-state index < -0.39 is 0 Å². The van der Waals surface area contributed by atoms with E-state index in [1.54, 1.807) is 0 Å². The van der Waals surface area contributed by atoms with E-state index in [0.29, 0.717) is 19.3 Å². The van der Waals surface area contributed by atoms with Crippen LogP contribution in [0.4, 0.5) is 0 Å². The molecule has 1 unspecified atom stereocenters. The van der Waals surface area contributed by atoms with Gasteiger partial charge >= 0.3 is 0 Å². The minimum Gasteiger partial charge on any atom is -0.375 e. The highest BCUT2D eigenvalue weighted by atomic mass is 16.5. The lowest BCUT2D eigenvalue weighted by atomic mass is 10.2.